The van der Waals surface area contributed by atoms with Crippen molar-refractivity contribution in [1.29, 1.82) is 0 Å². The second-order valence-corrected chi connectivity index (χ2v) is 2.64. The maximum atomic E-state index is 11.4. The SMILES string of the molecule is FC#Cc1ccc(Br)cc1. The first-order valence-electron chi connectivity index (χ1n) is 2.70. The summed E-state index contributed by atoms with van der Waals surface area (Å²) in [6, 6.07) is 7.13. The second-order valence-electron chi connectivity index (χ2n) is 1.73. The Balaban J connectivity index is 2.97. The van der Waals surface area contributed by atoms with E-state index in [2.05, 4.69) is 21.9 Å². The maximum Gasteiger partial charge on any atom is 0.111 e. The van der Waals surface area contributed by atoms with Crippen LogP contribution in [0.15, 0.2) is 28.7 Å². The molecular formula is C8H4BrF. The monoisotopic (exact) mass is 198 g/mol. The topological polar surface area (TPSA) is 0 Å². The molecule has 0 unspecified atom stereocenters. The molecule has 0 N–H and O–H groups in total. The lowest BCUT2D eigenvalue weighted by Crippen LogP contribution is -1.70. The van der Waals surface area contributed by atoms with Gasteiger partial charge in [-0.15, -0.1) is 4.39 Å². The third-order valence-electron chi connectivity index (χ3n) is 1.04. The third-order valence-corrected chi connectivity index (χ3v) is 1.56. The fourth-order valence-corrected chi connectivity index (χ4v) is 0.852. The van der Waals surface area contributed by atoms with Crippen molar-refractivity contribution in [2.24, 2.45) is 0 Å². The van der Waals surface area contributed by atoms with Crippen LogP contribution in [0.5, 0.6) is 0 Å². The highest BCUT2D eigenvalue weighted by Crippen LogP contribution is 2.09. The highest BCUT2D eigenvalue weighted by molar-refractivity contribution is 9.10. The van der Waals surface area contributed by atoms with Crippen molar-refractivity contribution >= 4 is 15.9 Å². The van der Waals surface area contributed by atoms with Gasteiger partial charge in [-0.2, -0.15) is 0 Å². The van der Waals surface area contributed by atoms with Crippen molar-refractivity contribution in [1.82, 2.24) is 0 Å². The molecule has 0 heterocycles. The van der Waals surface area contributed by atoms with E-state index >= 15 is 0 Å². The first-order chi connectivity index (χ1) is 4.83. The van der Waals surface area contributed by atoms with E-state index in [-0.39, 0.29) is 0 Å². The Kier molecular flexibility index (Phi) is 2.47. The molecule has 0 atom stereocenters. The van der Waals surface area contributed by atoms with E-state index in [1.54, 1.807) is 12.1 Å². The molecule has 0 spiro atoms. The number of hydrogen-bond donors (Lipinski definition) is 0. The van der Waals surface area contributed by atoms with Crippen molar-refractivity contribution in [3.05, 3.63) is 34.3 Å². The van der Waals surface area contributed by atoms with Crippen LogP contribution < -0.4 is 0 Å². The van der Waals surface area contributed by atoms with Crippen molar-refractivity contribution in [3.63, 3.8) is 0 Å². The molecule has 1 rings (SSSR count). The van der Waals surface area contributed by atoms with Gasteiger partial charge in [0.1, 0.15) is 6.17 Å². The highest BCUT2D eigenvalue weighted by Gasteiger charge is 1.85. The summed E-state index contributed by atoms with van der Waals surface area (Å²) in [4.78, 5) is 0. The van der Waals surface area contributed by atoms with Crippen LogP contribution in [0.1, 0.15) is 5.56 Å². The molecule has 1 aromatic carbocycles. The first kappa shape index (κ1) is 7.30. The van der Waals surface area contributed by atoms with Gasteiger partial charge >= 0.3 is 0 Å². The van der Waals surface area contributed by atoms with Gasteiger partial charge in [0.2, 0.25) is 0 Å². The van der Waals surface area contributed by atoms with Gasteiger partial charge in [0.25, 0.3) is 0 Å². The molecule has 0 saturated carbocycles. The first-order valence-corrected chi connectivity index (χ1v) is 3.49. The van der Waals surface area contributed by atoms with Crippen LogP contribution in [-0.4, -0.2) is 0 Å². The summed E-state index contributed by atoms with van der Waals surface area (Å²) < 4.78 is 12.4. The molecule has 0 fully saturated rings. The van der Waals surface area contributed by atoms with Gasteiger partial charge < -0.3 is 0 Å². The largest absolute Gasteiger partial charge is 0.144 e. The van der Waals surface area contributed by atoms with Gasteiger partial charge in [0.05, 0.1) is 0 Å². The lowest BCUT2D eigenvalue weighted by Gasteiger charge is -1.88. The van der Waals surface area contributed by atoms with Crippen LogP contribution in [0.25, 0.3) is 0 Å². The summed E-state index contributed by atoms with van der Waals surface area (Å²) in [5, 5.41) is 0. The molecule has 0 saturated heterocycles. The summed E-state index contributed by atoms with van der Waals surface area (Å²) in [5.41, 5.74) is 0.686. The minimum Gasteiger partial charge on any atom is -0.144 e. The van der Waals surface area contributed by atoms with Crippen molar-refractivity contribution in [2.75, 3.05) is 0 Å². The van der Waals surface area contributed by atoms with Crippen molar-refractivity contribution < 1.29 is 4.39 Å². The lowest BCUT2D eigenvalue weighted by molar-refractivity contribution is 0.774. The average molecular weight is 199 g/mol. The fraction of sp³-hybridized carbons (Fsp3) is 0. The fourth-order valence-electron chi connectivity index (χ4n) is 0.588. The number of benzene rings is 1. The van der Waals surface area contributed by atoms with Crippen molar-refractivity contribution in [3.8, 4) is 12.1 Å². The smallest absolute Gasteiger partial charge is 0.111 e. The molecule has 0 nitrogen and oxygen atoms in total. The Hall–Kier alpha value is -0.810. The minimum absolute atomic E-state index is 0.686. The lowest BCUT2D eigenvalue weighted by atomic mass is 10.2. The Morgan fingerprint density at radius 2 is 1.80 bits per heavy atom. The molecule has 10 heavy (non-hydrogen) atoms. The minimum atomic E-state index is 0.686. The average Bonchev–Trinajstić information content (AvgIpc) is 1.95. The van der Waals surface area contributed by atoms with E-state index in [4.69, 9.17) is 0 Å². The van der Waals surface area contributed by atoms with Crippen LogP contribution >= 0.6 is 15.9 Å². The van der Waals surface area contributed by atoms with E-state index in [0.29, 0.717) is 5.56 Å². The highest BCUT2D eigenvalue weighted by atomic mass is 79.9. The van der Waals surface area contributed by atoms with Crippen LogP contribution in [-0.2, 0) is 0 Å². The van der Waals surface area contributed by atoms with Gasteiger partial charge in [0, 0.05) is 10.0 Å². The van der Waals surface area contributed by atoms with Gasteiger partial charge in [0.15, 0.2) is 0 Å². The number of halogens is 2. The molecule has 0 amide bonds. The van der Waals surface area contributed by atoms with Crippen LogP contribution in [0, 0.1) is 12.1 Å². The van der Waals surface area contributed by atoms with Gasteiger partial charge in [-0.1, -0.05) is 15.9 Å². The summed E-state index contributed by atoms with van der Waals surface area (Å²) in [5.74, 6) is 2.30. The van der Waals surface area contributed by atoms with Crippen LogP contribution in [0.2, 0.25) is 0 Å². The van der Waals surface area contributed by atoms with Crippen LogP contribution in [0.3, 0.4) is 0 Å². The van der Waals surface area contributed by atoms with E-state index in [9.17, 15) is 4.39 Å². The second kappa shape index (κ2) is 3.38. The molecule has 1 aromatic rings. The molecule has 50 valence electrons. The maximum absolute atomic E-state index is 11.4. The summed E-state index contributed by atoms with van der Waals surface area (Å²) in [6.07, 6.45) is 1.34. The quantitative estimate of drug-likeness (QED) is 0.563. The zero-order chi connectivity index (χ0) is 7.40. The summed E-state index contributed by atoms with van der Waals surface area (Å²) in [7, 11) is 0. The third kappa shape index (κ3) is 1.85. The zero-order valence-corrected chi connectivity index (χ0v) is 6.65. The molecule has 0 bridgehead atoms. The van der Waals surface area contributed by atoms with Gasteiger partial charge in [-0.3, -0.25) is 0 Å². The van der Waals surface area contributed by atoms with Gasteiger partial charge in [-0.25, -0.2) is 0 Å². The van der Waals surface area contributed by atoms with E-state index < -0.39 is 0 Å². The van der Waals surface area contributed by atoms with Crippen molar-refractivity contribution in [2.45, 2.75) is 0 Å². The predicted molar refractivity (Wildman–Crippen MR) is 42.1 cm³/mol. The zero-order valence-electron chi connectivity index (χ0n) is 5.07. The number of rotatable bonds is 0. The molecule has 0 aromatic heterocycles. The number of hydrogen-bond acceptors (Lipinski definition) is 0. The summed E-state index contributed by atoms with van der Waals surface area (Å²) >= 11 is 3.25. The predicted octanol–water partition coefficient (Wildman–Crippen LogP) is 2.73. The molecule has 2 heteroatoms. The molecule has 0 aliphatic heterocycles. The molecular weight excluding hydrogens is 195 g/mol. The summed E-state index contributed by atoms with van der Waals surface area (Å²) in [6.45, 7) is 0. The Morgan fingerprint density at radius 3 is 2.30 bits per heavy atom. The molecule has 0 radical (unpaired) electrons. The Bertz CT molecular complexity index is 266. The normalized spacial score (nSPS) is 8.20. The molecule has 0 aliphatic carbocycles. The van der Waals surface area contributed by atoms with Gasteiger partial charge in [-0.05, 0) is 30.2 Å². The van der Waals surface area contributed by atoms with E-state index in [1.807, 2.05) is 12.1 Å². The van der Waals surface area contributed by atoms with E-state index in [0.717, 1.165) is 4.47 Å². The Morgan fingerprint density at radius 1 is 1.20 bits per heavy atom. The Labute approximate surface area is 67.2 Å². The van der Waals surface area contributed by atoms with E-state index in [1.165, 1.54) is 6.17 Å². The molecule has 0 aliphatic rings. The van der Waals surface area contributed by atoms with Crippen LogP contribution in [0.4, 0.5) is 4.39 Å². The standard InChI is InChI=1S/C8H4BrF/c9-8-3-1-7(2-4-8)5-6-10/h1-4H.